The van der Waals surface area contributed by atoms with E-state index in [4.69, 9.17) is 0 Å². The Morgan fingerprint density at radius 1 is 0.769 bits per heavy atom. The standard InChI is InChI=1S/C12H17P/c1-2-7-11-13(10-6-1)12-8-4-3-5-9-12/h3-5,8-9H,1-2,6-7,10-11H2. The van der Waals surface area contributed by atoms with Gasteiger partial charge in [0, 0.05) is 0 Å². The molecule has 0 N–H and O–H groups in total. The van der Waals surface area contributed by atoms with Crippen LogP contribution < -0.4 is 5.30 Å². The van der Waals surface area contributed by atoms with Crippen molar-refractivity contribution in [3.8, 4) is 0 Å². The molecular formula is C12H17P. The summed E-state index contributed by atoms with van der Waals surface area (Å²) in [5.41, 5.74) is 0. The average molecular weight is 192 g/mol. The van der Waals surface area contributed by atoms with Crippen LogP contribution in [0, 0.1) is 0 Å². The van der Waals surface area contributed by atoms with E-state index in [0.29, 0.717) is 0 Å². The third-order valence-corrected chi connectivity index (χ3v) is 5.47. The van der Waals surface area contributed by atoms with Gasteiger partial charge in [-0.05, 0) is 30.5 Å². The molecule has 2 rings (SSSR count). The van der Waals surface area contributed by atoms with Gasteiger partial charge in [-0.2, -0.15) is 0 Å². The number of hydrogen-bond donors (Lipinski definition) is 0. The van der Waals surface area contributed by atoms with Crippen LogP contribution in [0.5, 0.6) is 0 Å². The normalized spacial score (nSPS) is 19.7. The molecule has 1 aromatic carbocycles. The van der Waals surface area contributed by atoms with Crippen LogP contribution in [0.1, 0.15) is 25.7 Å². The molecule has 0 bridgehead atoms. The minimum atomic E-state index is 0.207. The van der Waals surface area contributed by atoms with Crippen LogP contribution in [0.25, 0.3) is 0 Å². The lowest BCUT2D eigenvalue weighted by molar-refractivity contribution is 0.726. The Balaban J connectivity index is 2.06. The van der Waals surface area contributed by atoms with Crippen molar-refractivity contribution in [1.82, 2.24) is 0 Å². The topological polar surface area (TPSA) is 0 Å². The summed E-state index contributed by atoms with van der Waals surface area (Å²) in [4.78, 5) is 0. The second-order valence-corrected chi connectivity index (χ2v) is 6.23. The Labute approximate surface area is 82.1 Å². The third kappa shape index (κ3) is 2.54. The van der Waals surface area contributed by atoms with Gasteiger partial charge in [0.2, 0.25) is 0 Å². The predicted molar refractivity (Wildman–Crippen MR) is 61.2 cm³/mol. The zero-order valence-corrected chi connectivity index (χ0v) is 8.97. The average Bonchev–Trinajstić information content (AvgIpc) is 2.47. The Bertz CT molecular complexity index is 235. The van der Waals surface area contributed by atoms with Crippen LogP contribution in [-0.2, 0) is 0 Å². The molecular weight excluding hydrogens is 175 g/mol. The summed E-state index contributed by atoms with van der Waals surface area (Å²) in [6.07, 6.45) is 8.79. The fraction of sp³-hybridized carbons (Fsp3) is 0.500. The summed E-state index contributed by atoms with van der Waals surface area (Å²) in [7, 11) is 0.207. The molecule has 0 nitrogen and oxygen atoms in total. The van der Waals surface area contributed by atoms with Crippen molar-refractivity contribution in [1.29, 1.82) is 0 Å². The van der Waals surface area contributed by atoms with E-state index >= 15 is 0 Å². The molecule has 0 aliphatic carbocycles. The van der Waals surface area contributed by atoms with Crippen LogP contribution in [0.3, 0.4) is 0 Å². The molecule has 0 spiro atoms. The maximum atomic E-state index is 2.32. The monoisotopic (exact) mass is 192 g/mol. The van der Waals surface area contributed by atoms with Crippen LogP contribution >= 0.6 is 7.92 Å². The summed E-state index contributed by atoms with van der Waals surface area (Å²) in [6.45, 7) is 0. The van der Waals surface area contributed by atoms with E-state index in [1.165, 1.54) is 38.0 Å². The Hall–Kier alpha value is -0.350. The van der Waals surface area contributed by atoms with Gasteiger partial charge >= 0.3 is 0 Å². The van der Waals surface area contributed by atoms with Crippen molar-refractivity contribution in [2.75, 3.05) is 12.3 Å². The zero-order valence-electron chi connectivity index (χ0n) is 8.08. The molecule has 1 aliphatic rings. The lowest BCUT2D eigenvalue weighted by Crippen LogP contribution is -2.03. The van der Waals surface area contributed by atoms with Crippen molar-refractivity contribution in [3.63, 3.8) is 0 Å². The molecule has 1 heteroatoms. The minimum absolute atomic E-state index is 0.207. The maximum absolute atomic E-state index is 2.32. The van der Waals surface area contributed by atoms with Crippen molar-refractivity contribution in [2.24, 2.45) is 0 Å². The first-order valence-electron chi connectivity index (χ1n) is 5.27. The fourth-order valence-electron chi connectivity index (χ4n) is 1.97. The molecule has 1 aliphatic heterocycles. The van der Waals surface area contributed by atoms with Gasteiger partial charge in [0.15, 0.2) is 0 Å². The second kappa shape index (κ2) is 4.77. The number of hydrogen-bond acceptors (Lipinski definition) is 0. The largest absolute Gasteiger partial charge is 0.0753 e. The highest BCUT2D eigenvalue weighted by atomic mass is 31.1. The molecule has 1 heterocycles. The van der Waals surface area contributed by atoms with E-state index in [9.17, 15) is 0 Å². The zero-order chi connectivity index (χ0) is 8.93. The Kier molecular flexibility index (Phi) is 3.38. The van der Waals surface area contributed by atoms with Gasteiger partial charge in [-0.25, -0.2) is 0 Å². The summed E-state index contributed by atoms with van der Waals surface area (Å²) >= 11 is 0. The maximum Gasteiger partial charge on any atom is -0.0240 e. The quantitative estimate of drug-likeness (QED) is 0.598. The fourth-order valence-corrected chi connectivity index (χ4v) is 4.51. The number of rotatable bonds is 1. The van der Waals surface area contributed by atoms with E-state index in [1.54, 1.807) is 5.30 Å². The highest BCUT2D eigenvalue weighted by Crippen LogP contribution is 2.39. The van der Waals surface area contributed by atoms with Gasteiger partial charge in [0.1, 0.15) is 0 Å². The SMILES string of the molecule is c1ccc(P2CCCCCC2)cc1. The lowest BCUT2D eigenvalue weighted by atomic mass is 10.2. The molecule has 13 heavy (non-hydrogen) atoms. The van der Waals surface area contributed by atoms with Crippen LogP contribution in [0.2, 0.25) is 0 Å². The molecule has 0 unspecified atom stereocenters. The predicted octanol–water partition coefficient (Wildman–Crippen LogP) is 3.37. The third-order valence-electron chi connectivity index (χ3n) is 2.73. The van der Waals surface area contributed by atoms with E-state index in [-0.39, 0.29) is 7.92 Å². The molecule has 1 saturated heterocycles. The van der Waals surface area contributed by atoms with E-state index in [1.807, 2.05) is 0 Å². The molecule has 0 aromatic heterocycles. The Morgan fingerprint density at radius 3 is 2.00 bits per heavy atom. The van der Waals surface area contributed by atoms with E-state index in [0.717, 1.165) is 0 Å². The van der Waals surface area contributed by atoms with Crippen molar-refractivity contribution < 1.29 is 0 Å². The van der Waals surface area contributed by atoms with E-state index in [2.05, 4.69) is 30.3 Å². The van der Waals surface area contributed by atoms with Gasteiger partial charge in [-0.1, -0.05) is 51.1 Å². The summed E-state index contributed by atoms with van der Waals surface area (Å²) in [6, 6.07) is 11.1. The first-order valence-corrected chi connectivity index (χ1v) is 6.98. The highest BCUT2D eigenvalue weighted by Gasteiger charge is 2.12. The smallest absolute Gasteiger partial charge is 0.0240 e. The molecule has 0 atom stereocenters. The lowest BCUT2D eigenvalue weighted by Gasteiger charge is -2.14. The molecule has 1 fully saturated rings. The van der Waals surface area contributed by atoms with Gasteiger partial charge in [-0.3, -0.25) is 0 Å². The summed E-state index contributed by atoms with van der Waals surface area (Å²) < 4.78 is 0. The van der Waals surface area contributed by atoms with Gasteiger partial charge in [0.25, 0.3) is 0 Å². The molecule has 70 valence electrons. The Morgan fingerprint density at radius 2 is 1.38 bits per heavy atom. The second-order valence-electron chi connectivity index (χ2n) is 3.74. The van der Waals surface area contributed by atoms with Gasteiger partial charge in [-0.15, -0.1) is 0 Å². The first kappa shape index (κ1) is 9.21. The van der Waals surface area contributed by atoms with Gasteiger partial charge in [0.05, 0.1) is 0 Å². The van der Waals surface area contributed by atoms with Crippen molar-refractivity contribution in [2.45, 2.75) is 25.7 Å². The van der Waals surface area contributed by atoms with Gasteiger partial charge < -0.3 is 0 Å². The molecule has 1 aromatic rings. The van der Waals surface area contributed by atoms with Crippen LogP contribution in [0.15, 0.2) is 30.3 Å². The van der Waals surface area contributed by atoms with Crippen LogP contribution in [-0.4, -0.2) is 12.3 Å². The molecule has 0 amide bonds. The molecule has 0 radical (unpaired) electrons. The van der Waals surface area contributed by atoms with Crippen molar-refractivity contribution in [3.05, 3.63) is 30.3 Å². The summed E-state index contributed by atoms with van der Waals surface area (Å²) in [5.74, 6) is 0. The first-order chi connectivity index (χ1) is 6.47. The van der Waals surface area contributed by atoms with Crippen molar-refractivity contribution >= 4 is 13.2 Å². The van der Waals surface area contributed by atoms with E-state index < -0.39 is 0 Å². The number of benzene rings is 1. The highest BCUT2D eigenvalue weighted by molar-refractivity contribution is 7.65. The van der Waals surface area contributed by atoms with Crippen LogP contribution in [0.4, 0.5) is 0 Å². The molecule has 0 saturated carbocycles. The minimum Gasteiger partial charge on any atom is -0.0753 e. The summed E-state index contributed by atoms with van der Waals surface area (Å²) in [5, 5.41) is 1.62.